The molecule has 0 unspecified atom stereocenters. The molecule has 0 atom stereocenters. The zero-order valence-corrected chi connectivity index (χ0v) is 11.3. The van der Waals surface area contributed by atoms with Gasteiger partial charge in [-0.15, -0.1) is 0 Å². The lowest BCUT2D eigenvalue weighted by molar-refractivity contribution is 0.0648. The van der Waals surface area contributed by atoms with Crippen LogP contribution in [0.1, 0.15) is 52.0 Å². The number of benzene rings is 1. The van der Waals surface area contributed by atoms with Crippen LogP contribution in [0.15, 0.2) is 24.3 Å². The molecule has 0 bridgehead atoms. The molecule has 0 radical (unpaired) electrons. The predicted molar refractivity (Wildman–Crippen MR) is 71.1 cm³/mol. The Morgan fingerprint density at radius 2 is 1.75 bits per heavy atom. The molecule has 2 rings (SSSR count). The van der Waals surface area contributed by atoms with Crippen molar-refractivity contribution in [3.8, 4) is 0 Å². The zero-order valence-electron chi connectivity index (χ0n) is 10.5. The van der Waals surface area contributed by atoms with E-state index in [1.165, 1.54) is 31.2 Å². The fraction of sp³-hybridized carbons (Fsp3) is 0.600. The summed E-state index contributed by atoms with van der Waals surface area (Å²) in [7, 11) is 0. The minimum atomic E-state index is 0.388. The first-order valence-corrected chi connectivity index (χ1v) is 6.66. The molecule has 0 aromatic heterocycles. The fourth-order valence-corrected chi connectivity index (χ4v) is 3.12. The third kappa shape index (κ3) is 1.68. The third-order valence-electron chi connectivity index (χ3n) is 4.78. The molecule has 16 heavy (non-hydrogen) atoms. The summed E-state index contributed by atoms with van der Waals surface area (Å²) in [5.41, 5.74) is 2.26. The highest BCUT2D eigenvalue weighted by molar-refractivity contribution is 6.30. The molecular formula is C15H21Cl. The van der Waals surface area contributed by atoms with Gasteiger partial charge in [0, 0.05) is 10.4 Å². The molecular weight excluding hydrogens is 216 g/mol. The van der Waals surface area contributed by atoms with Crippen molar-refractivity contribution in [1.29, 1.82) is 0 Å². The molecule has 1 aromatic rings. The van der Waals surface area contributed by atoms with Crippen LogP contribution in [0.25, 0.3) is 0 Å². The third-order valence-corrected chi connectivity index (χ3v) is 5.04. The first-order valence-electron chi connectivity index (χ1n) is 6.28. The van der Waals surface area contributed by atoms with Crippen molar-refractivity contribution in [2.45, 2.75) is 51.9 Å². The highest BCUT2D eigenvalue weighted by Crippen LogP contribution is 2.56. The summed E-state index contributed by atoms with van der Waals surface area (Å²) in [4.78, 5) is 0. The molecule has 0 amide bonds. The van der Waals surface area contributed by atoms with Gasteiger partial charge in [-0.25, -0.2) is 0 Å². The van der Waals surface area contributed by atoms with Gasteiger partial charge < -0.3 is 0 Å². The van der Waals surface area contributed by atoms with Crippen LogP contribution in [0.2, 0.25) is 5.02 Å². The molecule has 1 fully saturated rings. The largest absolute Gasteiger partial charge is 0.0843 e. The van der Waals surface area contributed by atoms with E-state index in [0.717, 1.165) is 5.02 Å². The Hall–Kier alpha value is -0.490. The maximum Gasteiger partial charge on any atom is 0.0406 e. The van der Waals surface area contributed by atoms with Crippen LogP contribution in [0, 0.1) is 5.41 Å². The van der Waals surface area contributed by atoms with Crippen molar-refractivity contribution >= 4 is 11.6 Å². The normalized spacial score (nSPS) is 19.2. The second-order valence-electron chi connectivity index (χ2n) is 5.68. The summed E-state index contributed by atoms with van der Waals surface area (Å²) < 4.78 is 0. The molecule has 0 spiro atoms. The Morgan fingerprint density at radius 3 is 2.12 bits per heavy atom. The molecule has 1 aliphatic rings. The average molecular weight is 237 g/mol. The molecule has 0 nitrogen and oxygen atoms in total. The Balaban J connectivity index is 2.39. The molecule has 0 heterocycles. The van der Waals surface area contributed by atoms with E-state index < -0.39 is 0 Å². The molecule has 1 heteroatoms. The van der Waals surface area contributed by atoms with Crippen LogP contribution in [0.5, 0.6) is 0 Å². The molecule has 88 valence electrons. The summed E-state index contributed by atoms with van der Waals surface area (Å²) in [5.74, 6) is 0. The van der Waals surface area contributed by atoms with Crippen LogP contribution < -0.4 is 0 Å². The van der Waals surface area contributed by atoms with E-state index in [2.05, 4.69) is 32.9 Å². The second kappa shape index (κ2) is 4.07. The van der Waals surface area contributed by atoms with E-state index >= 15 is 0 Å². The quantitative estimate of drug-likeness (QED) is 0.677. The minimum absolute atomic E-state index is 0.388. The van der Waals surface area contributed by atoms with Crippen LogP contribution in [0.3, 0.4) is 0 Å². The molecule has 1 aromatic carbocycles. The first-order chi connectivity index (χ1) is 7.52. The van der Waals surface area contributed by atoms with E-state index in [9.17, 15) is 0 Å². The summed E-state index contributed by atoms with van der Waals surface area (Å²) >= 11 is 5.97. The Morgan fingerprint density at radius 1 is 1.19 bits per heavy atom. The number of hydrogen-bond donors (Lipinski definition) is 0. The van der Waals surface area contributed by atoms with Crippen LogP contribution in [-0.2, 0) is 5.41 Å². The maximum absolute atomic E-state index is 5.97. The zero-order chi connectivity index (χ0) is 11.8. The summed E-state index contributed by atoms with van der Waals surface area (Å²) in [6, 6.07) is 8.50. The highest BCUT2D eigenvalue weighted by Gasteiger charge is 2.49. The van der Waals surface area contributed by atoms with Gasteiger partial charge in [-0.05, 0) is 36.0 Å². The Labute approximate surface area is 104 Å². The molecule has 1 aliphatic carbocycles. The lowest BCUT2D eigenvalue weighted by Crippen LogP contribution is -2.47. The van der Waals surface area contributed by atoms with Crippen LogP contribution in [-0.4, -0.2) is 0 Å². The van der Waals surface area contributed by atoms with Crippen molar-refractivity contribution in [2.24, 2.45) is 5.41 Å². The Kier molecular flexibility index (Phi) is 3.05. The van der Waals surface area contributed by atoms with Crippen LogP contribution in [0.4, 0.5) is 0 Å². The van der Waals surface area contributed by atoms with Crippen LogP contribution >= 0.6 is 11.6 Å². The lowest BCUT2D eigenvalue weighted by atomic mass is 9.51. The van der Waals surface area contributed by atoms with Crippen molar-refractivity contribution in [2.75, 3.05) is 0 Å². The summed E-state index contributed by atoms with van der Waals surface area (Å²) in [5, 5.41) is 0.840. The smallest absolute Gasteiger partial charge is 0.0406 e. The SMILES string of the molecule is CCC(C)(C)C1(c2ccc(Cl)cc2)CCC1. The van der Waals surface area contributed by atoms with E-state index in [1.54, 1.807) is 0 Å². The van der Waals surface area contributed by atoms with Crippen molar-refractivity contribution in [3.05, 3.63) is 34.9 Å². The average Bonchev–Trinajstić information content (AvgIpc) is 2.19. The van der Waals surface area contributed by atoms with Crippen molar-refractivity contribution in [1.82, 2.24) is 0 Å². The van der Waals surface area contributed by atoms with E-state index in [4.69, 9.17) is 11.6 Å². The van der Waals surface area contributed by atoms with Crippen molar-refractivity contribution < 1.29 is 0 Å². The topological polar surface area (TPSA) is 0 Å². The van der Waals surface area contributed by atoms with Gasteiger partial charge in [0.05, 0.1) is 0 Å². The van der Waals surface area contributed by atoms with Gasteiger partial charge in [-0.2, -0.15) is 0 Å². The van der Waals surface area contributed by atoms with Gasteiger partial charge >= 0.3 is 0 Å². The van der Waals surface area contributed by atoms with Gasteiger partial charge in [-0.3, -0.25) is 0 Å². The van der Waals surface area contributed by atoms with Gasteiger partial charge in [0.15, 0.2) is 0 Å². The monoisotopic (exact) mass is 236 g/mol. The van der Waals surface area contributed by atoms with Gasteiger partial charge in [0.2, 0.25) is 0 Å². The highest BCUT2D eigenvalue weighted by atomic mass is 35.5. The van der Waals surface area contributed by atoms with E-state index in [1.807, 2.05) is 12.1 Å². The first kappa shape index (κ1) is 12.0. The standard InChI is InChI=1S/C15H21Cl/c1-4-14(2,3)15(10-5-11-15)12-6-8-13(16)9-7-12/h6-9H,4-5,10-11H2,1-3H3. The van der Waals surface area contributed by atoms with E-state index in [0.29, 0.717) is 10.8 Å². The molecule has 0 saturated heterocycles. The lowest BCUT2D eigenvalue weighted by Gasteiger charge is -2.54. The summed E-state index contributed by atoms with van der Waals surface area (Å²) in [6.07, 6.45) is 5.26. The molecule has 1 saturated carbocycles. The van der Waals surface area contributed by atoms with Gasteiger partial charge in [0.25, 0.3) is 0 Å². The minimum Gasteiger partial charge on any atom is -0.0843 e. The van der Waals surface area contributed by atoms with Gasteiger partial charge in [-0.1, -0.05) is 57.3 Å². The fourth-order valence-electron chi connectivity index (χ4n) is 2.99. The molecule has 0 aliphatic heterocycles. The second-order valence-corrected chi connectivity index (χ2v) is 6.12. The van der Waals surface area contributed by atoms with Crippen molar-refractivity contribution in [3.63, 3.8) is 0 Å². The molecule has 0 N–H and O–H groups in total. The number of halogens is 1. The number of rotatable bonds is 3. The predicted octanol–water partition coefficient (Wildman–Crippen LogP) is 5.20. The summed E-state index contributed by atoms with van der Waals surface area (Å²) in [6.45, 7) is 7.11. The van der Waals surface area contributed by atoms with E-state index in [-0.39, 0.29) is 0 Å². The Bertz CT molecular complexity index is 358. The van der Waals surface area contributed by atoms with Gasteiger partial charge in [0.1, 0.15) is 0 Å². The number of hydrogen-bond acceptors (Lipinski definition) is 0. The maximum atomic E-state index is 5.97.